The van der Waals surface area contributed by atoms with E-state index < -0.39 is 12.0 Å². The third-order valence-electron chi connectivity index (χ3n) is 6.88. The molecule has 168 valence electrons. The molecule has 1 atom stereocenters. The van der Waals surface area contributed by atoms with Crippen LogP contribution in [0, 0.1) is 11.7 Å². The molecule has 7 heteroatoms. The van der Waals surface area contributed by atoms with Crippen LogP contribution in [-0.2, 0) is 16.0 Å². The van der Waals surface area contributed by atoms with E-state index in [9.17, 15) is 19.1 Å². The summed E-state index contributed by atoms with van der Waals surface area (Å²) in [4.78, 5) is 29.5. The first-order chi connectivity index (χ1) is 15.0. The highest BCUT2D eigenvalue weighted by atomic mass is 19.1. The van der Waals surface area contributed by atoms with Crippen molar-refractivity contribution in [2.75, 3.05) is 0 Å². The second-order valence-corrected chi connectivity index (χ2v) is 9.11. The molecule has 0 saturated heterocycles. The van der Waals surface area contributed by atoms with Crippen molar-refractivity contribution in [2.24, 2.45) is 5.92 Å². The van der Waals surface area contributed by atoms with Gasteiger partial charge in [0.2, 0.25) is 5.91 Å². The van der Waals surface area contributed by atoms with E-state index in [0.29, 0.717) is 16.9 Å². The van der Waals surface area contributed by atoms with Crippen LogP contribution in [-0.4, -0.2) is 32.6 Å². The summed E-state index contributed by atoms with van der Waals surface area (Å²) in [6, 6.07) is 4.18. The lowest BCUT2D eigenvalue weighted by molar-refractivity contribution is -0.137. The molecule has 4 rings (SSSR count). The van der Waals surface area contributed by atoms with Gasteiger partial charge < -0.3 is 15.0 Å². The number of fused-ring (bicyclic) bond motifs is 1. The van der Waals surface area contributed by atoms with Gasteiger partial charge in [-0.2, -0.15) is 0 Å². The number of carbonyl (C=O) groups excluding carboxylic acids is 1. The number of aliphatic carboxylic acids is 1. The molecule has 0 spiro atoms. The Balaban J connectivity index is 1.74. The molecule has 1 unspecified atom stereocenters. The van der Waals surface area contributed by atoms with Crippen molar-refractivity contribution in [1.29, 1.82) is 0 Å². The van der Waals surface area contributed by atoms with Crippen LogP contribution in [0.25, 0.3) is 11.0 Å². The molecular formula is C24H32FN3O3. The molecule has 2 saturated carbocycles. The standard InChI is InChI=1S/C24H32FN3O3/c25-17-11-12-20-19(15-17)27-21(13-14-22(29)30)28(20)23(16-7-3-1-4-8-16)24(31)26-18-9-5-2-6-10-18/h11-12,15-16,18,23H,1-10,13-14H2,(H,26,31)(H,29,30). The highest BCUT2D eigenvalue weighted by Gasteiger charge is 2.35. The molecule has 0 aliphatic heterocycles. The third-order valence-corrected chi connectivity index (χ3v) is 6.88. The number of rotatable bonds is 7. The Hall–Kier alpha value is -2.44. The SMILES string of the molecule is O=C(O)CCc1nc2cc(F)ccc2n1C(C(=O)NC1CCCCC1)C1CCCCC1. The van der Waals surface area contributed by atoms with Crippen molar-refractivity contribution in [3.63, 3.8) is 0 Å². The van der Waals surface area contributed by atoms with Crippen LogP contribution in [0.2, 0.25) is 0 Å². The molecule has 2 N–H and O–H groups in total. The zero-order chi connectivity index (χ0) is 21.8. The van der Waals surface area contributed by atoms with Crippen molar-refractivity contribution in [3.05, 3.63) is 29.8 Å². The minimum atomic E-state index is -0.911. The van der Waals surface area contributed by atoms with Gasteiger partial charge in [0.05, 0.1) is 17.5 Å². The monoisotopic (exact) mass is 429 g/mol. The summed E-state index contributed by atoms with van der Waals surface area (Å²) in [6.07, 6.45) is 10.9. The average Bonchev–Trinajstić information content (AvgIpc) is 3.11. The van der Waals surface area contributed by atoms with Gasteiger partial charge in [-0.3, -0.25) is 9.59 Å². The zero-order valence-electron chi connectivity index (χ0n) is 18.0. The van der Waals surface area contributed by atoms with Crippen molar-refractivity contribution < 1.29 is 19.1 Å². The summed E-state index contributed by atoms with van der Waals surface area (Å²) in [5.74, 6) is -0.576. The summed E-state index contributed by atoms with van der Waals surface area (Å²) in [5.41, 5.74) is 1.18. The molecule has 1 amide bonds. The van der Waals surface area contributed by atoms with Gasteiger partial charge in [0.25, 0.3) is 0 Å². The number of aryl methyl sites for hydroxylation is 1. The van der Waals surface area contributed by atoms with Crippen LogP contribution in [0.4, 0.5) is 4.39 Å². The molecule has 0 bridgehead atoms. The van der Waals surface area contributed by atoms with Crippen molar-refractivity contribution >= 4 is 22.9 Å². The number of hydrogen-bond acceptors (Lipinski definition) is 3. The van der Waals surface area contributed by atoms with E-state index in [4.69, 9.17) is 0 Å². The molecule has 2 aromatic rings. The average molecular weight is 430 g/mol. The maximum absolute atomic E-state index is 13.9. The molecule has 2 aliphatic rings. The second kappa shape index (κ2) is 9.79. The Morgan fingerprint density at radius 3 is 2.45 bits per heavy atom. The lowest BCUT2D eigenvalue weighted by atomic mass is 9.82. The van der Waals surface area contributed by atoms with Crippen LogP contribution in [0.5, 0.6) is 0 Å². The number of aromatic nitrogens is 2. The molecule has 1 aromatic heterocycles. The molecule has 31 heavy (non-hydrogen) atoms. The smallest absolute Gasteiger partial charge is 0.303 e. The van der Waals surface area contributed by atoms with Gasteiger partial charge >= 0.3 is 5.97 Å². The normalized spacial score (nSPS) is 19.4. The van der Waals surface area contributed by atoms with Crippen molar-refractivity contribution in [3.8, 4) is 0 Å². The lowest BCUT2D eigenvalue weighted by Gasteiger charge is -2.33. The Morgan fingerprint density at radius 1 is 1.10 bits per heavy atom. The molecule has 2 aliphatic carbocycles. The van der Waals surface area contributed by atoms with E-state index in [-0.39, 0.29) is 36.5 Å². The molecule has 6 nitrogen and oxygen atoms in total. The third kappa shape index (κ3) is 5.08. The molecule has 0 radical (unpaired) electrons. The van der Waals surface area contributed by atoms with Gasteiger partial charge in [0.15, 0.2) is 0 Å². The van der Waals surface area contributed by atoms with E-state index in [1.165, 1.54) is 25.0 Å². The second-order valence-electron chi connectivity index (χ2n) is 9.11. The Labute approximate surface area is 182 Å². The topological polar surface area (TPSA) is 84.2 Å². The number of halogens is 1. The fourth-order valence-electron chi connectivity index (χ4n) is 5.35. The Bertz CT molecular complexity index is 930. The first kappa shape index (κ1) is 21.8. The van der Waals surface area contributed by atoms with Crippen LogP contribution in [0.1, 0.15) is 82.5 Å². The fourth-order valence-corrected chi connectivity index (χ4v) is 5.35. The highest BCUT2D eigenvalue weighted by Crippen LogP contribution is 2.37. The number of imidazole rings is 1. The number of carbonyl (C=O) groups is 2. The molecule has 1 aromatic carbocycles. The maximum Gasteiger partial charge on any atom is 0.303 e. The molecule has 1 heterocycles. The summed E-state index contributed by atoms with van der Waals surface area (Å²) < 4.78 is 15.8. The number of hydrogen-bond donors (Lipinski definition) is 2. The zero-order valence-corrected chi connectivity index (χ0v) is 18.0. The lowest BCUT2D eigenvalue weighted by Crippen LogP contribution is -2.43. The van der Waals surface area contributed by atoms with Gasteiger partial charge in [-0.25, -0.2) is 9.37 Å². The van der Waals surface area contributed by atoms with Gasteiger partial charge in [0, 0.05) is 18.5 Å². The van der Waals surface area contributed by atoms with E-state index in [1.807, 2.05) is 4.57 Å². The van der Waals surface area contributed by atoms with Crippen molar-refractivity contribution in [1.82, 2.24) is 14.9 Å². The molecule has 2 fully saturated rings. The van der Waals surface area contributed by atoms with Crippen molar-refractivity contribution in [2.45, 2.75) is 89.1 Å². The van der Waals surface area contributed by atoms with Gasteiger partial charge in [-0.05, 0) is 43.7 Å². The minimum absolute atomic E-state index is 0.000926. The quantitative estimate of drug-likeness (QED) is 0.664. The largest absolute Gasteiger partial charge is 0.481 e. The van der Waals surface area contributed by atoms with E-state index in [1.54, 1.807) is 6.07 Å². The van der Waals surface area contributed by atoms with Gasteiger partial charge in [0.1, 0.15) is 17.7 Å². The number of benzene rings is 1. The van der Waals surface area contributed by atoms with Crippen LogP contribution < -0.4 is 5.32 Å². The Kier molecular flexibility index (Phi) is 6.88. The van der Waals surface area contributed by atoms with E-state index in [2.05, 4.69) is 10.3 Å². The minimum Gasteiger partial charge on any atom is -0.481 e. The Morgan fingerprint density at radius 2 is 1.77 bits per heavy atom. The van der Waals surface area contributed by atoms with Crippen LogP contribution in [0.3, 0.4) is 0 Å². The summed E-state index contributed by atoms with van der Waals surface area (Å²) in [7, 11) is 0. The number of carboxylic acid groups (broad SMARTS) is 1. The van der Waals surface area contributed by atoms with Gasteiger partial charge in [-0.1, -0.05) is 38.5 Å². The predicted molar refractivity (Wildman–Crippen MR) is 116 cm³/mol. The number of amides is 1. The maximum atomic E-state index is 13.9. The fraction of sp³-hybridized carbons (Fsp3) is 0.625. The number of nitrogens with one attached hydrogen (secondary N) is 1. The molecular weight excluding hydrogens is 397 g/mol. The first-order valence-corrected chi connectivity index (χ1v) is 11.7. The van der Waals surface area contributed by atoms with Crippen LogP contribution >= 0.6 is 0 Å². The summed E-state index contributed by atoms with van der Waals surface area (Å²) in [6.45, 7) is 0. The number of nitrogens with zero attached hydrogens (tertiary/aromatic N) is 2. The summed E-state index contributed by atoms with van der Waals surface area (Å²) in [5, 5.41) is 12.5. The highest BCUT2D eigenvalue weighted by molar-refractivity contribution is 5.85. The van der Waals surface area contributed by atoms with Gasteiger partial charge in [-0.15, -0.1) is 0 Å². The van der Waals surface area contributed by atoms with E-state index in [0.717, 1.165) is 51.4 Å². The van der Waals surface area contributed by atoms with Crippen LogP contribution in [0.15, 0.2) is 18.2 Å². The summed E-state index contributed by atoms with van der Waals surface area (Å²) >= 11 is 0. The number of carboxylic acids is 1. The first-order valence-electron chi connectivity index (χ1n) is 11.7. The predicted octanol–water partition coefficient (Wildman–Crippen LogP) is 4.76. The van der Waals surface area contributed by atoms with E-state index >= 15 is 0 Å².